The van der Waals surface area contributed by atoms with E-state index in [4.69, 9.17) is 10.1 Å². The van der Waals surface area contributed by atoms with Crippen LogP contribution in [0.15, 0.2) is 24.3 Å². The minimum Gasteiger partial charge on any atom is -0.484 e. The lowest BCUT2D eigenvalue weighted by atomic mass is 9.89. The highest BCUT2D eigenvalue weighted by Crippen LogP contribution is 2.21. The molecule has 0 saturated heterocycles. The van der Waals surface area contributed by atoms with Gasteiger partial charge in [-0.1, -0.05) is 12.1 Å². The maximum Gasteiger partial charge on any atom is 0.306 e. The lowest BCUT2D eigenvalue weighted by Crippen LogP contribution is -2.27. The van der Waals surface area contributed by atoms with Gasteiger partial charge in [0.15, 0.2) is 5.90 Å². The minimum absolute atomic E-state index is 0. The van der Waals surface area contributed by atoms with Crippen LogP contribution in [0.2, 0.25) is 0 Å². The summed E-state index contributed by atoms with van der Waals surface area (Å²) < 4.78 is 4.73. The molecule has 1 rings (SSSR count). The second-order valence-electron chi connectivity index (χ2n) is 4.85. The third-order valence-electron chi connectivity index (χ3n) is 3.33. The van der Waals surface area contributed by atoms with Crippen molar-refractivity contribution in [1.82, 2.24) is 0 Å². The van der Waals surface area contributed by atoms with Crippen LogP contribution in [0.3, 0.4) is 0 Å². The fourth-order valence-electron chi connectivity index (χ4n) is 2.13. The number of aliphatic hydroxyl groups is 1. The Bertz CT molecular complexity index is 566. The smallest absolute Gasteiger partial charge is 0.306 e. The lowest BCUT2D eigenvalue weighted by molar-refractivity contribution is -0.384. The zero-order valence-electron chi connectivity index (χ0n) is 12.5. The van der Waals surface area contributed by atoms with Gasteiger partial charge < -0.3 is 14.9 Å². The molecule has 0 spiro atoms. The number of nitrogens with one attached hydrogen (secondary N) is 1. The summed E-state index contributed by atoms with van der Waals surface area (Å²) in [5.41, 5.74) is 0.409. The third kappa shape index (κ3) is 6.21. The van der Waals surface area contributed by atoms with E-state index in [2.05, 4.69) is 0 Å². The number of aliphatic hydroxyl groups excluding tert-OH is 1. The minimum atomic E-state index is -1.09. The van der Waals surface area contributed by atoms with Crippen molar-refractivity contribution < 1.29 is 24.7 Å². The molecule has 0 amide bonds. The number of ether oxygens (including phenoxy) is 1. The molecule has 0 saturated carbocycles. The lowest BCUT2D eigenvalue weighted by Gasteiger charge is -2.19. The fraction of sp³-hybridized carbons (Fsp3) is 0.429. The van der Waals surface area contributed by atoms with Crippen LogP contribution < -0.4 is 0 Å². The number of methoxy groups -OCH3 is 1. The molecule has 0 bridgehead atoms. The molecule has 0 aliphatic carbocycles. The van der Waals surface area contributed by atoms with Gasteiger partial charge in [0, 0.05) is 12.1 Å². The summed E-state index contributed by atoms with van der Waals surface area (Å²) in [6.07, 6.45) is 0.0890. The summed E-state index contributed by atoms with van der Waals surface area (Å²) in [7, 11) is 1.28. The van der Waals surface area contributed by atoms with E-state index in [1.807, 2.05) is 0 Å². The van der Waals surface area contributed by atoms with Gasteiger partial charge in [-0.3, -0.25) is 20.3 Å². The summed E-state index contributed by atoms with van der Waals surface area (Å²) >= 11 is 0. The molecule has 9 heteroatoms. The largest absolute Gasteiger partial charge is 0.484 e. The van der Waals surface area contributed by atoms with E-state index in [-0.39, 0.29) is 36.8 Å². The summed E-state index contributed by atoms with van der Waals surface area (Å²) in [6.45, 7) is -0.397. The Hall–Kier alpha value is -2.19. The topological polar surface area (TPSA) is 134 Å². The van der Waals surface area contributed by atoms with Crippen molar-refractivity contribution in [2.24, 2.45) is 11.8 Å². The van der Waals surface area contributed by atoms with Gasteiger partial charge in [0.1, 0.15) is 0 Å². The van der Waals surface area contributed by atoms with Gasteiger partial charge >= 0.3 is 5.97 Å². The number of aliphatic carboxylic acids is 1. The second kappa shape index (κ2) is 9.75. The highest BCUT2D eigenvalue weighted by molar-refractivity contribution is 5.85. The molecule has 1 aromatic rings. The van der Waals surface area contributed by atoms with Gasteiger partial charge in [0.2, 0.25) is 0 Å². The Balaban J connectivity index is 0.00000484. The van der Waals surface area contributed by atoms with Crippen molar-refractivity contribution in [3.8, 4) is 0 Å². The molecule has 0 fully saturated rings. The first-order chi connectivity index (χ1) is 10.4. The molecule has 23 heavy (non-hydrogen) atoms. The molecule has 128 valence electrons. The van der Waals surface area contributed by atoms with Gasteiger partial charge in [-0.05, 0) is 18.4 Å². The van der Waals surface area contributed by atoms with Gasteiger partial charge in [0.25, 0.3) is 5.69 Å². The van der Waals surface area contributed by atoms with Crippen LogP contribution in [-0.2, 0) is 16.0 Å². The quantitative estimate of drug-likeness (QED) is 0.285. The van der Waals surface area contributed by atoms with E-state index in [0.717, 1.165) is 0 Å². The number of hydrogen-bond donors (Lipinski definition) is 3. The van der Waals surface area contributed by atoms with Gasteiger partial charge in [-0.25, -0.2) is 0 Å². The second-order valence-corrected chi connectivity index (χ2v) is 4.85. The van der Waals surface area contributed by atoms with Crippen LogP contribution in [0.5, 0.6) is 0 Å². The molecule has 0 aromatic heterocycles. The predicted molar refractivity (Wildman–Crippen MR) is 85.1 cm³/mol. The van der Waals surface area contributed by atoms with Crippen LogP contribution in [0.1, 0.15) is 12.0 Å². The first-order valence-electron chi connectivity index (χ1n) is 6.58. The van der Waals surface area contributed by atoms with E-state index < -0.39 is 29.3 Å². The molecule has 0 aliphatic heterocycles. The summed E-state index contributed by atoms with van der Waals surface area (Å²) in [5, 5.41) is 36.8. The van der Waals surface area contributed by atoms with Crippen molar-refractivity contribution >= 4 is 30.0 Å². The molecule has 2 atom stereocenters. The molecule has 0 radical (unpaired) electrons. The van der Waals surface area contributed by atoms with Crippen molar-refractivity contribution in [1.29, 1.82) is 5.41 Å². The molecule has 8 nitrogen and oxygen atoms in total. The third-order valence-corrected chi connectivity index (χ3v) is 3.33. The molecule has 2 unspecified atom stereocenters. The molecular weight excluding hydrogens is 328 g/mol. The Kier molecular flexibility index (Phi) is 8.82. The molecular formula is C14H19ClN2O6. The summed E-state index contributed by atoms with van der Waals surface area (Å²) in [4.78, 5) is 21.5. The van der Waals surface area contributed by atoms with Crippen LogP contribution in [0.4, 0.5) is 5.69 Å². The molecule has 3 N–H and O–H groups in total. The van der Waals surface area contributed by atoms with Crippen molar-refractivity contribution in [3.63, 3.8) is 0 Å². The SMILES string of the molecule is COC(=N)C(CO)CC(Cc1cccc([N+](=O)[O-])c1)C(=O)O.Cl. The zero-order valence-corrected chi connectivity index (χ0v) is 13.3. The van der Waals surface area contributed by atoms with E-state index in [9.17, 15) is 25.1 Å². The number of nitro groups is 1. The fourth-order valence-corrected chi connectivity index (χ4v) is 2.13. The van der Waals surface area contributed by atoms with E-state index in [0.29, 0.717) is 5.56 Å². The summed E-state index contributed by atoms with van der Waals surface area (Å²) in [5.74, 6) is -2.87. The summed E-state index contributed by atoms with van der Waals surface area (Å²) in [6, 6.07) is 5.76. The Morgan fingerprint density at radius 2 is 2.09 bits per heavy atom. The highest BCUT2D eigenvalue weighted by atomic mass is 35.5. The monoisotopic (exact) mass is 346 g/mol. The van der Waals surface area contributed by atoms with Crippen LogP contribution in [0.25, 0.3) is 0 Å². The number of rotatable bonds is 8. The number of halogens is 1. The maximum atomic E-state index is 11.4. The standard InChI is InChI=1S/C14H18N2O6.ClH/c1-22-13(15)11(8-17)7-10(14(18)19)5-9-3-2-4-12(6-9)16(20)21;/h2-4,6,10-11,15,17H,5,7-8H2,1H3,(H,18,19);1H. The van der Waals surface area contributed by atoms with Crippen molar-refractivity contribution in [3.05, 3.63) is 39.9 Å². The number of carboxylic acid groups (broad SMARTS) is 1. The number of benzene rings is 1. The van der Waals surface area contributed by atoms with Crippen LogP contribution in [0, 0.1) is 27.4 Å². The van der Waals surface area contributed by atoms with Crippen LogP contribution in [-0.4, -0.2) is 40.7 Å². The first kappa shape index (κ1) is 20.8. The Morgan fingerprint density at radius 1 is 1.43 bits per heavy atom. The average molecular weight is 347 g/mol. The zero-order chi connectivity index (χ0) is 16.7. The van der Waals surface area contributed by atoms with Gasteiger partial charge in [0.05, 0.1) is 30.5 Å². The normalized spacial score (nSPS) is 12.6. The maximum absolute atomic E-state index is 11.4. The van der Waals surface area contributed by atoms with E-state index >= 15 is 0 Å². The van der Waals surface area contributed by atoms with E-state index in [1.54, 1.807) is 6.07 Å². The van der Waals surface area contributed by atoms with Gasteiger partial charge in [-0.2, -0.15) is 0 Å². The van der Waals surface area contributed by atoms with E-state index in [1.165, 1.54) is 25.3 Å². The molecule has 1 aromatic carbocycles. The van der Waals surface area contributed by atoms with Crippen LogP contribution >= 0.6 is 12.4 Å². The van der Waals surface area contributed by atoms with Crippen molar-refractivity contribution in [2.75, 3.05) is 13.7 Å². The average Bonchev–Trinajstić information content (AvgIpc) is 2.50. The van der Waals surface area contributed by atoms with Crippen molar-refractivity contribution in [2.45, 2.75) is 12.8 Å². The van der Waals surface area contributed by atoms with Gasteiger partial charge in [-0.15, -0.1) is 12.4 Å². The molecule has 0 aliphatic rings. The Morgan fingerprint density at radius 3 is 2.57 bits per heavy atom. The highest BCUT2D eigenvalue weighted by Gasteiger charge is 2.26. The number of carbonyl (C=O) groups is 1. The number of nitrogens with zero attached hydrogens (tertiary/aromatic N) is 1. The predicted octanol–water partition coefficient (Wildman–Crippen LogP) is 1.88. The number of hydrogen-bond acceptors (Lipinski definition) is 6. The Labute approximate surface area is 139 Å². The number of carboxylic acids is 1. The number of nitro benzene ring substituents is 1. The molecule has 0 heterocycles. The first-order valence-corrected chi connectivity index (χ1v) is 6.58. The number of non-ortho nitro benzene ring substituents is 1.